The molecule has 0 aromatic rings. The van der Waals surface area contributed by atoms with Crippen LogP contribution < -0.4 is 11.5 Å². The van der Waals surface area contributed by atoms with Gasteiger partial charge >= 0.3 is 0 Å². The van der Waals surface area contributed by atoms with E-state index >= 15 is 0 Å². The van der Waals surface area contributed by atoms with Gasteiger partial charge in [-0.3, -0.25) is 4.79 Å². The summed E-state index contributed by atoms with van der Waals surface area (Å²) in [5.74, 6) is -0.431. The molecule has 94 valence electrons. The molecule has 16 heavy (non-hydrogen) atoms. The van der Waals surface area contributed by atoms with E-state index in [0.29, 0.717) is 6.54 Å². The minimum absolute atomic E-state index is 0.270. The maximum atomic E-state index is 10.9. The summed E-state index contributed by atoms with van der Waals surface area (Å²) >= 11 is 0. The number of nitrogens with zero attached hydrogens (tertiary/aromatic N) is 2. The van der Waals surface area contributed by atoms with E-state index in [1.54, 1.807) is 0 Å². The van der Waals surface area contributed by atoms with Gasteiger partial charge < -0.3 is 21.3 Å². The zero-order valence-corrected chi connectivity index (χ0v) is 10.6. The zero-order valence-electron chi connectivity index (χ0n) is 10.6. The Morgan fingerprint density at radius 2 is 1.94 bits per heavy atom. The van der Waals surface area contributed by atoms with Crippen LogP contribution in [0.5, 0.6) is 0 Å². The predicted molar refractivity (Wildman–Crippen MR) is 64.9 cm³/mol. The summed E-state index contributed by atoms with van der Waals surface area (Å²) in [6, 6.07) is -0.565. The smallest absolute Gasteiger partial charge is 0.235 e. The number of hydrogen-bond donors (Lipinski definition) is 2. The Kier molecular flexibility index (Phi) is 4.29. The second-order valence-electron chi connectivity index (χ2n) is 5.18. The van der Waals surface area contributed by atoms with Gasteiger partial charge in [0.25, 0.3) is 0 Å². The Bertz CT molecular complexity index is 250. The van der Waals surface area contributed by atoms with Gasteiger partial charge in [0.2, 0.25) is 5.91 Å². The van der Waals surface area contributed by atoms with Crippen molar-refractivity contribution in [2.75, 3.05) is 34.2 Å². The molecule has 0 spiro atoms. The summed E-state index contributed by atoms with van der Waals surface area (Å²) in [5.41, 5.74) is 11.1. The van der Waals surface area contributed by atoms with Gasteiger partial charge in [-0.15, -0.1) is 0 Å². The van der Waals surface area contributed by atoms with Crippen LogP contribution in [0.4, 0.5) is 0 Å². The Hall–Kier alpha value is -0.650. The molecule has 1 unspecified atom stereocenters. The van der Waals surface area contributed by atoms with Gasteiger partial charge in [-0.05, 0) is 40.4 Å². The molecular formula is C11H24N4O. The second kappa shape index (κ2) is 5.12. The molecule has 1 amide bonds. The lowest BCUT2D eigenvalue weighted by atomic mass is 9.75. The molecule has 4 N–H and O–H groups in total. The molecule has 1 atom stereocenters. The average Bonchev–Trinajstić information content (AvgIpc) is 2.10. The van der Waals surface area contributed by atoms with E-state index in [1.165, 1.54) is 19.3 Å². The van der Waals surface area contributed by atoms with E-state index in [0.717, 1.165) is 6.54 Å². The maximum Gasteiger partial charge on any atom is 0.235 e. The molecule has 1 aliphatic rings. The molecule has 1 fully saturated rings. The fraction of sp³-hybridized carbons (Fsp3) is 0.909. The quantitative estimate of drug-likeness (QED) is 0.625. The standard InChI is InChI=1S/C11H24N4O/c1-14(2)11(5-4-6-11)8-15(3)7-9(12)10(13)16/h9H,4-8,12H2,1-3H3,(H2,13,16). The molecule has 0 bridgehead atoms. The van der Waals surface area contributed by atoms with Crippen molar-refractivity contribution in [1.29, 1.82) is 0 Å². The van der Waals surface area contributed by atoms with Crippen LogP contribution in [0.15, 0.2) is 0 Å². The third-order valence-corrected chi connectivity index (χ3v) is 3.67. The molecule has 5 heteroatoms. The molecule has 0 aromatic heterocycles. The summed E-state index contributed by atoms with van der Waals surface area (Å²) in [6.45, 7) is 1.48. The summed E-state index contributed by atoms with van der Waals surface area (Å²) < 4.78 is 0. The fourth-order valence-electron chi connectivity index (χ4n) is 2.32. The lowest BCUT2D eigenvalue weighted by molar-refractivity contribution is -0.119. The van der Waals surface area contributed by atoms with Crippen molar-refractivity contribution in [3.63, 3.8) is 0 Å². The van der Waals surface area contributed by atoms with Crippen molar-refractivity contribution in [2.45, 2.75) is 30.8 Å². The predicted octanol–water partition coefficient (Wildman–Crippen LogP) is -0.785. The zero-order chi connectivity index (χ0) is 12.3. The van der Waals surface area contributed by atoms with E-state index in [9.17, 15) is 4.79 Å². The highest BCUT2D eigenvalue weighted by Gasteiger charge is 2.39. The maximum absolute atomic E-state index is 10.9. The van der Waals surface area contributed by atoms with E-state index in [2.05, 4.69) is 23.9 Å². The molecule has 1 rings (SSSR count). The Labute approximate surface area is 97.7 Å². The van der Waals surface area contributed by atoms with Crippen LogP contribution in [0.25, 0.3) is 0 Å². The minimum atomic E-state index is -0.565. The lowest BCUT2D eigenvalue weighted by Gasteiger charge is -2.49. The lowest BCUT2D eigenvalue weighted by Crippen LogP contribution is -2.58. The van der Waals surface area contributed by atoms with Crippen molar-refractivity contribution in [1.82, 2.24) is 9.80 Å². The van der Waals surface area contributed by atoms with Crippen LogP contribution in [-0.2, 0) is 4.79 Å². The molecule has 0 radical (unpaired) electrons. The Balaban J connectivity index is 2.44. The molecular weight excluding hydrogens is 204 g/mol. The average molecular weight is 228 g/mol. The number of primary amides is 1. The van der Waals surface area contributed by atoms with Crippen LogP contribution in [0.2, 0.25) is 0 Å². The Morgan fingerprint density at radius 1 is 1.38 bits per heavy atom. The minimum Gasteiger partial charge on any atom is -0.368 e. The first kappa shape index (κ1) is 13.4. The third kappa shape index (κ3) is 2.93. The van der Waals surface area contributed by atoms with Gasteiger partial charge in [0, 0.05) is 18.6 Å². The van der Waals surface area contributed by atoms with Gasteiger partial charge in [-0.25, -0.2) is 0 Å². The van der Waals surface area contributed by atoms with E-state index < -0.39 is 11.9 Å². The number of hydrogen-bond acceptors (Lipinski definition) is 4. The van der Waals surface area contributed by atoms with Crippen LogP contribution in [0.1, 0.15) is 19.3 Å². The van der Waals surface area contributed by atoms with Crippen molar-refractivity contribution in [3.05, 3.63) is 0 Å². The first-order valence-corrected chi connectivity index (χ1v) is 5.78. The highest BCUT2D eigenvalue weighted by molar-refractivity contribution is 5.79. The molecule has 0 saturated heterocycles. The van der Waals surface area contributed by atoms with Gasteiger partial charge in [-0.1, -0.05) is 0 Å². The Morgan fingerprint density at radius 3 is 2.25 bits per heavy atom. The highest BCUT2D eigenvalue weighted by Crippen LogP contribution is 2.36. The SMILES string of the molecule is CN(CC(N)C(N)=O)CC1(N(C)C)CCC1. The molecule has 0 aliphatic heterocycles. The monoisotopic (exact) mass is 228 g/mol. The van der Waals surface area contributed by atoms with Gasteiger partial charge in [0.05, 0.1) is 6.04 Å². The van der Waals surface area contributed by atoms with Crippen LogP contribution >= 0.6 is 0 Å². The number of likely N-dealkylation sites (N-methyl/N-ethyl adjacent to an activating group) is 2. The normalized spacial score (nSPS) is 20.9. The fourth-order valence-corrected chi connectivity index (χ4v) is 2.32. The summed E-state index contributed by atoms with van der Waals surface area (Å²) in [4.78, 5) is 15.3. The summed E-state index contributed by atoms with van der Waals surface area (Å²) in [6.07, 6.45) is 3.72. The molecule has 0 aromatic carbocycles. The number of nitrogens with two attached hydrogens (primary N) is 2. The second-order valence-corrected chi connectivity index (χ2v) is 5.18. The van der Waals surface area contributed by atoms with Crippen molar-refractivity contribution >= 4 is 5.91 Å². The number of carbonyl (C=O) groups is 1. The molecule has 0 heterocycles. The van der Waals surface area contributed by atoms with Crippen LogP contribution in [-0.4, -0.2) is 61.5 Å². The first-order valence-electron chi connectivity index (χ1n) is 5.78. The van der Waals surface area contributed by atoms with Crippen LogP contribution in [0.3, 0.4) is 0 Å². The van der Waals surface area contributed by atoms with Gasteiger partial charge in [0.15, 0.2) is 0 Å². The van der Waals surface area contributed by atoms with Crippen LogP contribution in [0, 0.1) is 0 Å². The van der Waals surface area contributed by atoms with Crippen molar-refractivity contribution in [2.24, 2.45) is 11.5 Å². The van der Waals surface area contributed by atoms with Crippen molar-refractivity contribution in [3.8, 4) is 0 Å². The highest BCUT2D eigenvalue weighted by atomic mass is 16.1. The number of amides is 1. The molecule has 5 nitrogen and oxygen atoms in total. The number of carbonyl (C=O) groups excluding carboxylic acids is 1. The van der Waals surface area contributed by atoms with Crippen molar-refractivity contribution < 1.29 is 4.79 Å². The van der Waals surface area contributed by atoms with E-state index in [-0.39, 0.29) is 5.54 Å². The molecule has 1 saturated carbocycles. The largest absolute Gasteiger partial charge is 0.368 e. The molecule has 1 aliphatic carbocycles. The topological polar surface area (TPSA) is 75.6 Å². The summed E-state index contributed by atoms with van der Waals surface area (Å²) in [7, 11) is 6.22. The van der Waals surface area contributed by atoms with E-state index in [4.69, 9.17) is 11.5 Å². The third-order valence-electron chi connectivity index (χ3n) is 3.67. The van der Waals surface area contributed by atoms with Gasteiger partial charge in [0.1, 0.15) is 0 Å². The summed E-state index contributed by atoms with van der Waals surface area (Å²) in [5, 5.41) is 0. The first-order chi connectivity index (χ1) is 7.37. The van der Waals surface area contributed by atoms with E-state index in [1.807, 2.05) is 7.05 Å². The number of rotatable bonds is 6. The van der Waals surface area contributed by atoms with Gasteiger partial charge in [-0.2, -0.15) is 0 Å².